The molecule has 2 aromatic rings. The van der Waals surface area contributed by atoms with Crippen molar-refractivity contribution in [3.05, 3.63) is 65.7 Å². The largest absolute Gasteiger partial charge is 0.497 e. The minimum Gasteiger partial charge on any atom is -0.497 e. The van der Waals surface area contributed by atoms with Gasteiger partial charge in [0.2, 0.25) is 0 Å². The van der Waals surface area contributed by atoms with E-state index in [1.165, 1.54) is 11.1 Å². The minimum atomic E-state index is 0.358. The van der Waals surface area contributed by atoms with Crippen LogP contribution in [0, 0.1) is 0 Å². The topological polar surface area (TPSA) is 21.3 Å². The lowest BCUT2D eigenvalue weighted by molar-refractivity contribution is 0.413. The molecule has 106 valence electrons. The van der Waals surface area contributed by atoms with E-state index < -0.39 is 0 Å². The van der Waals surface area contributed by atoms with Crippen molar-refractivity contribution in [3.8, 4) is 5.75 Å². The molecule has 0 amide bonds. The Kier molecular flexibility index (Phi) is 5.19. The fourth-order valence-electron chi connectivity index (χ4n) is 2.48. The maximum absolute atomic E-state index is 5.27. The first-order valence-corrected chi connectivity index (χ1v) is 7.13. The van der Waals surface area contributed by atoms with E-state index in [-0.39, 0.29) is 0 Å². The second kappa shape index (κ2) is 7.11. The Hall–Kier alpha value is -1.80. The van der Waals surface area contributed by atoms with Gasteiger partial charge in [0, 0.05) is 12.1 Å². The molecule has 0 radical (unpaired) electrons. The van der Waals surface area contributed by atoms with Crippen LogP contribution >= 0.6 is 0 Å². The van der Waals surface area contributed by atoms with Gasteiger partial charge in [-0.25, -0.2) is 0 Å². The number of benzene rings is 2. The van der Waals surface area contributed by atoms with Gasteiger partial charge in [-0.2, -0.15) is 0 Å². The van der Waals surface area contributed by atoms with Gasteiger partial charge in [0.05, 0.1) is 7.11 Å². The Bertz CT molecular complexity index is 524. The van der Waals surface area contributed by atoms with E-state index >= 15 is 0 Å². The third-order valence-corrected chi connectivity index (χ3v) is 3.51. The van der Waals surface area contributed by atoms with Crippen molar-refractivity contribution in [3.63, 3.8) is 0 Å². The van der Waals surface area contributed by atoms with Crippen molar-refractivity contribution in [1.29, 1.82) is 0 Å². The second-order valence-corrected chi connectivity index (χ2v) is 5.26. The van der Waals surface area contributed by atoms with Crippen molar-refractivity contribution >= 4 is 0 Å². The van der Waals surface area contributed by atoms with Gasteiger partial charge in [0.1, 0.15) is 5.75 Å². The van der Waals surface area contributed by atoms with Crippen LogP contribution in [0.4, 0.5) is 0 Å². The van der Waals surface area contributed by atoms with E-state index in [1.54, 1.807) is 7.11 Å². The van der Waals surface area contributed by atoms with Crippen LogP contribution in [-0.4, -0.2) is 13.2 Å². The molecule has 0 heterocycles. The van der Waals surface area contributed by atoms with Gasteiger partial charge in [0.25, 0.3) is 0 Å². The van der Waals surface area contributed by atoms with Crippen LogP contribution in [0.5, 0.6) is 5.75 Å². The number of hydrogen-bond donors (Lipinski definition) is 1. The van der Waals surface area contributed by atoms with Gasteiger partial charge in [0.15, 0.2) is 0 Å². The molecule has 2 heteroatoms. The van der Waals surface area contributed by atoms with Gasteiger partial charge < -0.3 is 10.1 Å². The third-order valence-electron chi connectivity index (χ3n) is 3.51. The molecule has 0 aliphatic heterocycles. The van der Waals surface area contributed by atoms with Gasteiger partial charge in [-0.15, -0.1) is 0 Å². The molecule has 2 nitrogen and oxygen atoms in total. The second-order valence-electron chi connectivity index (χ2n) is 5.26. The zero-order valence-electron chi connectivity index (χ0n) is 12.5. The SMILES string of the molecule is COc1cccc(CC(C)NC(C)c2ccccc2)c1. The third kappa shape index (κ3) is 4.10. The average Bonchev–Trinajstić information content (AvgIpc) is 2.48. The summed E-state index contributed by atoms with van der Waals surface area (Å²) in [7, 11) is 1.71. The quantitative estimate of drug-likeness (QED) is 0.856. The van der Waals surface area contributed by atoms with E-state index in [1.807, 2.05) is 12.1 Å². The highest BCUT2D eigenvalue weighted by atomic mass is 16.5. The number of rotatable bonds is 6. The Labute approximate surface area is 121 Å². The summed E-state index contributed by atoms with van der Waals surface area (Å²) in [6, 6.07) is 19.6. The predicted molar refractivity (Wildman–Crippen MR) is 84.2 cm³/mol. The van der Waals surface area contributed by atoms with E-state index in [2.05, 4.69) is 61.6 Å². The highest BCUT2D eigenvalue weighted by molar-refractivity contribution is 5.29. The number of hydrogen-bond acceptors (Lipinski definition) is 2. The normalized spacial score (nSPS) is 13.8. The Balaban J connectivity index is 1.93. The van der Waals surface area contributed by atoms with Gasteiger partial charge in [-0.1, -0.05) is 42.5 Å². The van der Waals surface area contributed by atoms with Crippen LogP contribution in [0.15, 0.2) is 54.6 Å². The van der Waals surface area contributed by atoms with Gasteiger partial charge >= 0.3 is 0 Å². The van der Waals surface area contributed by atoms with Crippen LogP contribution in [0.25, 0.3) is 0 Å². The highest BCUT2D eigenvalue weighted by Gasteiger charge is 2.10. The zero-order valence-corrected chi connectivity index (χ0v) is 12.5. The van der Waals surface area contributed by atoms with E-state index in [0.29, 0.717) is 12.1 Å². The van der Waals surface area contributed by atoms with Crippen LogP contribution < -0.4 is 10.1 Å². The Morgan fingerprint density at radius 3 is 2.45 bits per heavy atom. The Morgan fingerprint density at radius 2 is 1.75 bits per heavy atom. The van der Waals surface area contributed by atoms with Crippen molar-refractivity contribution in [2.75, 3.05) is 7.11 Å². The lowest BCUT2D eigenvalue weighted by Gasteiger charge is -2.20. The molecule has 2 aromatic carbocycles. The molecule has 2 rings (SSSR count). The van der Waals surface area contributed by atoms with Crippen molar-refractivity contribution in [1.82, 2.24) is 5.32 Å². The van der Waals surface area contributed by atoms with Crippen molar-refractivity contribution in [2.24, 2.45) is 0 Å². The summed E-state index contributed by atoms with van der Waals surface area (Å²) < 4.78 is 5.27. The molecular weight excluding hydrogens is 246 g/mol. The molecule has 0 spiro atoms. The van der Waals surface area contributed by atoms with Crippen LogP contribution in [0.1, 0.15) is 31.0 Å². The molecule has 0 aliphatic carbocycles. The first-order chi connectivity index (χ1) is 9.69. The number of methoxy groups -OCH3 is 1. The summed E-state index contributed by atoms with van der Waals surface area (Å²) in [5.41, 5.74) is 2.62. The molecule has 0 saturated carbocycles. The maximum atomic E-state index is 5.27. The molecule has 0 aliphatic rings. The summed E-state index contributed by atoms with van der Waals surface area (Å²) >= 11 is 0. The predicted octanol–water partition coefficient (Wildman–Crippen LogP) is 3.98. The van der Waals surface area contributed by atoms with Crippen LogP contribution in [0.3, 0.4) is 0 Å². The van der Waals surface area contributed by atoms with E-state index in [9.17, 15) is 0 Å². The van der Waals surface area contributed by atoms with Gasteiger partial charge in [-0.05, 0) is 43.5 Å². The van der Waals surface area contributed by atoms with Crippen molar-refractivity contribution in [2.45, 2.75) is 32.4 Å². The Morgan fingerprint density at radius 1 is 1.00 bits per heavy atom. The lowest BCUT2D eigenvalue weighted by atomic mass is 10.0. The fourth-order valence-corrected chi connectivity index (χ4v) is 2.48. The monoisotopic (exact) mass is 269 g/mol. The molecule has 0 bridgehead atoms. The fraction of sp³-hybridized carbons (Fsp3) is 0.333. The number of ether oxygens (including phenoxy) is 1. The molecule has 0 fully saturated rings. The zero-order chi connectivity index (χ0) is 14.4. The standard InChI is InChI=1S/C18H23NO/c1-14(12-16-8-7-11-18(13-16)20-3)19-15(2)17-9-5-4-6-10-17/h4-11,13-15,19H,12H2,1-3H3. The van der Waals surface area contributed by atoms with E-state index in [4.69, 9.17) is 4.74 Å². The summed E-state index contributed by atoms with van der Waals surface area (Å²) in [4.78, 5) is 0. The van der Waals surface area contributed by atoms with Crippen LogP contribution in [-0.2, 0) is 6.42 Å². The molecule has 0 aromatic heterocycles. The van der Waals surface area contributed by atoms with Crippen molar-refractivity contribution < 1.29 is 4.74 Å². The smallest absolute Gasteiger partial charge is 0.119 e. The minimum absolute atomic E-state index is 0.358. The molecule has 1 N–H and O–H groups in total. The lowest BCUT2D eigenvalue weighted by Crippen LogP contribution is -2.30. The molecular formula is C18H23NO. The summed E-state index contributed by atoms with van der Waals surface area (Å²) in [6.45, 7) is 4.43. The summed E-state index contributed by atoms with van der Waals surface area (Å²) in [5.74, 6) is 0.922. The molecule has 20 heavy (non-hydrogen) atoms. The highest BCUT2D eigenvalue weighted by Crippen LogP contribution is 2.16. The summed E-state index contributed by atoms with van der Waals surface area (Å²) in [5, 5.41) is 3.64. The molecule has 0 saturated heterocycles. The van der Waals surface area contributed by atoms with Crippen LogP contribution in [0.2, 0.25) is 0 Å². The number of nitrogens with one attached hydrogen (secondary N) is 1. The summed E-state index contributed by atoms with van der Waals surface area (Å²) in [6.07, 6.45) is 0.994. The average molecular weight is 269 g/mol. The molecule has 2 unspecified atom stereocenters. The first-order valence-electron chi connectivity index (χ1n) is 7.13. The maximum Gasteiger partial charge on any atom is 0.119 e. The van der Waals surface area contributed by atoms with Gasteiger partial charge in [-0.3, -0.25) is 0 Å². The first kappa shape index (κ1) is 14.6. The van der Waals surface area contributed by atoms with E-state index in [0.717, 1.165) is 12.2 Å². The molecule has 2 atom stereocenters.